The van der Waals surface area contributed by atoms with Crippen LogP contribution in [0.1, 0.15) is 34.5 Å². The van der Waals surface area contributed by atoms with E-state index in [-0.39, 0.29) is 23.1 Å². The number of rotatable bonds is 6. The van der Waals surface area contributed by atoms with Gasteiger partial charge in [-0.3, -0.25) is 19.3 Å². The molecule has 2 saturated heterocycles. The monoisotopic (exact) mass is 486 g/mol. The minimum atomic E-state index is -0.498. The van der Waals surface area contributed by atoms with E-state index in [1.807, 2.05) is 0 Å². The fraction of sp³-hybridized carbons (Fsp3) is 0.304. The maximum absolute atomic E-state index is 12.8. The maximum Gasteiger partial charge on any atom is 0.353 e. The molecule has 0 unspecified atom stereocenters. The first-order valence-corrected chi connectivity index (χ1v) is 12.1. The highest BCUT2D eigenvalue weighted by Gasteiger charge is 2.37. The van der Waals surface area contributed by atoms with E-state index in [9.17, 15) is 19.2 Å². The molecule has 0 atom stereocenters. The summed E-state index contributed by atoms with van der Waals surface area (Å²) in [5.41, 5.74) is 0.593. The van der Waals surface area contributed by atoms with Crippen LogP contribution in [0.25, 0.3) is 6.08 Å². The number of piperidine rings is 1. The molecule has 1 aromatic heterocycles. The molecule has 10 heteroatoms. The molecule has 1 aromatic carbocycles. The van der Waals surface area contributed by atoms with Crippen LogP contribution >= 0.6 is 23.1 Å². The Morgan fingerprint density at radius 2 is 1.88 bits per heavy atom. The summed E-state index contributed by atoms with van der Waals surface area (Å²) in [7, 11) is 1.45. The number of imide groups is 1. The fourth-order valence-electron chi connectivity index (χ4n) is 3.57. The second-order valence-corrected chi connectivity index (χ2v) is 9.43. The Kier molecular flexibility index (Phi) is 7.14. The van der Waals surface area contributed by atoms with Crippen molar-refractivity contribution in [3.8, 4) is 11.5 Å². The number of amides is 3. The lowest BCUT2D eigenvalue weighted by molar-refractivity contribution is -0.136. The first kappa shape index (κ1) is 23.1. The quantitative estimate of drug-likeness (QED) is 0.346. The van der Waals surface area contributed by atoms with Crippen molar-refractivity contribution in [2.45, 2.75) is 19.3 Å². The summed E-state index contributed by atoms with van der Waals surface area (Å²) in [5, 5.41) is 1.31. The lowest BCUT2D eigenvalue weighted by atomic mass is 10.1. The van der Waals surface area contributed by atoms with Crippen molar-refractivity contribution in [3.63, 3.8) is 0 Å². The summed E-state index contributed by atoms with van der Waals surface area (Å²) >= 11 is 2.07. The molecule has 2 aliphatic heterocycles. The van der Waals surface area contributed by atoms with Gasteiger partial charge in [0, 0.05) is 13.1 Å². The van der Waals surface area contributed by atoms with Crippen molar-refractivity contribution in [1.82, 2.24) is 9.80 Å². The molecule has 0 radical (unpaired) electrons. The number of hydrogen-bond donors (Lipinski definition) is 0. The van der Waals surface area contributed by atoms with Gasteiger partial charge in [-0.05, 0) is 66.2 Å². The Bertz CT molecular complexity index is 1110. The second-order valence-electron chi connectivity index (χ2n) is 7.49. The molecular formula is C23H22N2O6S2. The first-order chi connectivity index (χ1) is 16.0. The van der Waals surface area contributed by atoms with Crippen molar-refractivity contribution in [2.75, 3.05) is 26.7 Å². The number of likely N-dealkylation sites (tertiary alicyclic amines) is 1. The molecule has 3 amide bonds. The predicted molar refractivity (Wildman–Crippen MR) is 125 cm³/mol. The number of carbonyl (C=O) groups is 4. The van der Waals surface area contributed by atoms with E-state index in [1.54, 1.807) is 46.7 Å². The molecule has 2 aliphatic rings. The molecule has 2 aromatic rings. The van der Waals surface area contributed by atoms with Crippen molar-refractivity contribution in [2.24, 2.45) is 0 Å². The molecular weight excluding hydrogens is 464 g/mol. The van der Waals surface area contributed by atoms with Gasteiger partial charge < -0.3 is 14.4 Å². The molecule has 0 saturated carbocycles. The van der Waals surface area contributed by atoms with Gasteiger partial charge in [-0.25, -0.2) is 4.79 Å². The highest BCUT2D eigenvalue weighted by molar-refractivity contribution is 8.18. The lowest BCUT2D eigenvalue weighted by Crippen LogP contribution is -2.44. The van der Waals surface area contributed by atoms with Gasteiger partial charge in [0.15, 0.2) is 11.5 Å². The zero-order valence-corrected chi connectivity index (χ0v) is 19.6. The predicted octanol–water partition coefficient (Wildman–Crippen LogP) is 4.02. The smallest absolute Gasteiger partial charge is 0.353 e. The van der Waals surface area contributed by atoms with Gasteiger partial charge >= 0.3 is 5.97 Å². The van der Waals surface area contributed by atoms with Crippen molar-refractivity contribution >= 4 is 52.2 Å². The van der Waals surface area contributed by atoms with E-state index in [0.29, 0.717) is 29.3 Å². The Hall–Kier alpha value is -3.11. The molecule has 172 valence electrons. The zero-order valence-electron chi connectivity index (χ0n) is 17.9. The Labute approximate surface area is 199 Å². The van der Waals surface area contributed by atoms with Crippen LogP contribution in [0.5, 0.6) is 11.5 Å². The number of hydrogen-bond acceptors (Lipinski definition) is 8. The third-order valence-corrected chi connectivity index (χ3v) is 7.04. The van der Waals surface area contributed by atoms with E-state index in [1.165, 1.54) is 18.4 Å². The summed E-state index contributed by atoms with van der Waals surface area (Å²) in [4.78, 5) is 53.3. The fourth-order valence-corrected chi connectivity index (χ4v) is 5.01. The van der Waals surface area contributed by atoms with Gasteiger partial charge in [0.2, 0.25) is 5.91 Å². The highest BCUT2D eigenvalue weighted by Crippen LogP contribution is 2.35. The minimum absolute atomic E-state index is 0.211. The van der Waals surface area contributed by atoms with Crippen LogP contribution in [0.4, 0.5) is 4.79 Å². The number of nitrogens with zero attached hydrogens (tertiary/aromatic N) is 2. The molecule has 2 fully saturated rings. The van der Waals surface area contributed by atoms with Crippen LogP contribution in [0.2, 0.25) is 0 Å². The highest BCUT2D eigenvalue weighted by atomic mass is 32.2. The standard InChI is InChI=1S/C23H22N2O6S2/c1-30-17-12-15(7-8-16(17)31-22(28)18-6-5-11-32-18)13-19-21(27)25(23(29)33-19)14-20(26)24-9-3-2-4-10-24/h5-8,11-13H,2-4,9-10,14H2,1H3/b19-13-. The van der Waals surface area contributed by atoms with Crippen molar-refractivity contribution in [3.05, 3.63) is 51.1 Å². The number of methoxy groups -OCH3 is 1. The molecule has 8 nitrogen and oxygen atoms in total. The number of thiophene rings is 1. The van der Waals surface area contributed by atoms with E-state index in [4.69, 9.17) is 9.47 Å². The van der Waals surface area contributed by atoms with Gasteiger partial charge in [0.05, 0.1) is 12.0 Å². The number of esters is 1. The Morgan fingerprint density at radius 3 is 2.58 bits per heavy atom. The SMILES string of the molecule is COc1cc(/C=C2\SC(=O)N(CC(=O)N3CCCCC3)C2=O)ccc1OC(=O)c1cccs1. The third-order valence-electron chi connectivity index (χ3n) is 5.29. The molecule has 4 rings (SSSR count). The van der Waals surface area contributed by atoms with E-state index < -0.39 is 17.1 Å². The zero-order chi connectivity index (χ0) is 23.4. The van der Waals surface area contributed by atoms with Crippen LogP contribution in [0, 0.1) is 0 Å². The second kappa shape index (κ2) is 10.2. The molecule has 0 N–H and O–H groups in total. The van der Waals surface area contributed by atoms with Crippen LogP contribution in [0.3, 0.4) is 0 Å². The summed E-state index contributed by atoms with van der Waals surface area (Å²) in [6.45, 7) is 1.07. The largest absolute Gasteiger partial charge is 0.493 e. The Balaban J connectivity index is 1.46. The summed E-state index contributed by atoms with van der Waals surface area (Å²) in [6.07, 6.45) is 4.52. The van der Waals surface area contributed by atoms with Gasteiger partial charge in [0.1, 0.15) is 11.4 Å². The van der Waals surface area contributed by atoms with Crippen LogP contribution in [-0.2, 0) is 9.59 Å². The number of thioether (sulfide) groups is 1. The van der Waals surface area contributed by atoms with Crippen LogP contribution in [0.15, 0.2) is 40.6 Å². The molecule has 0 spiro atoms. The molecule has 3 heterocycles. The van der Waals surface area contributed by atoms with Gasteiger partial charge in [0.25, 0.3) is 11.1 Å². The van der Waals surface area contributed by atoms with E-state index >= 15 is 0 Å². The summed E-state index contributed by atoms with van der Waals surface area (Å²) in [6, 6.07) is 8.27. The maximum atomic E-state index is 12.8. The van der Waals surface area contributed by atoms with Crippen LogP contribution in [-0.4, -0.2) is 59.6 Å². The number of carbonyl (C=O) groups excluding carboxylic acids is 4. The first-order valence-electron chi connectivity index (χ1n) is 10.4. The topological polar surface area (TPSA) is 93.2 Å². The van der Waals surface area contributed by atoms with Crippen LogP contribution < -0.4 is 9.47 Å². The lowest BCUT2D eigenvalue weighted by Gasteiger charge is -2.27. The average molecular weight is 487 g/mol. The summed E-state index contributed by atoms with van der Waals surface area (Å²) < 4.78 is 10.7. The van der Waals surface area contributed by atoms with Gasteiger partial charge in [-0.15, -0.1) is 11.3 Å². The van der Waals surface area contributed by atoms with Gasteiger partial charge in [-0.1, -0.05) is 12.1 Å². The molecule has 0 bridgehead atoms. The van der Waals surface area contributed by atoms with E-state index in [2.05, 4.69) is 0 Å². The molecule has 0 aliphatic carbocycles. The number of ether oxygens (including phenoxy) is 2. The van der Waals surface area contributed by atoms with Crippen molar-refractivity contribution < 1.29 is 28.7 Å². The molecule has 33 heavy (non-hydrogen) atoms. The minimum Gasteiger partial charge on any atom is -0.493 e. The number of benzene rings is 1. The average Bonchev–Trinajstić information content (AvgIpc) is 3.45. The normalized spacial score (nSPS) is 17.5. The third kappa shape index (κ3) is 5.28. The van der Waals surface area contributed by atoms with E-state index in [0.717, 1.165) is 35.9 Å². The van der Waals surface area contributed by atoms with Crippen molar-refractivity contribution in [1.29, 1.82) is 0 Å². The Morgan fingerprint density at radius 1 is 1.09 bits per heavy atom. The summed E-state index contributed by atoms with van der Waals surface area (Å²) in [5.74, 6) is -0.642. The van der Waals surface area contributed by atoms with Gasteiger partial charge in [-0.2, -0.15) is 0 Å².